The van der Waals surface area contributed by atoms with E-state index in [1.165, 1.54) is 0 Å². The zero-order valence-corrected chi connectivity index (χ0v) is 12.6. The molecule has 0 aliphatic rings. The number of ether oxygens (including phenoxy) is 1. The van der Waals surface area contributed by atoms with E-state index in [4.69, 9.17) is 16.3 Å². The van der Waals surface area contributed by atoms with Crippen LogP contribution in [0.15, 0.2) is 30.3 Å². The highest BCUT2D eigenvalue weighted by atomic mass is 35.5. The van der Waals surface area contributed by atoms with Crippen LogP contribution < -0.4 is 10.1 Å². The van der Waals surface area contributed by atoms with Crippen LogP contribution in [-0.4, -0.2) is 16.2 Å². The summed E-state index contributed by atoms with van der Waals surface area (Å²) in [7, 11) is 0. The van der Waals surface area contributed by atoms with Crippen molar-refractivity contribution in [2.45, 2.75) is 33.4 Å². The molecule has 0 atom stereocenters. The van der Waals surface area contributed by atoms with Crippen molar-refractivity contribution in [1.82, 2.24) is 15.5 Å². The first-order chi connectivity index (χ1) is 9.54. The van der Waals surface area contributed by atoms with E-state index in [-0.39, 0.29) is 0 Å². The van der Waals surface area contributed by atoms with Crippen LogP contribution in [0.3, 0.4) is 0 Å². The minimum atomic E-state index is 0.421. The summed E-state index contributed by atoms with van der Waals surface area (Å²) in [5.41, 5.74) is 1.85. The standard InChI is InChI=1S/C15H18ClN3O/c1-10(2)17-9-13-5-7-15(19-18-13)20-14-6-4-12(16)8-11(14)3/h4-8,10,17H,9H2,1-3H3. The number of nitrogens with zero attached hydrogens (tertiary/aromatic N) is 2. The van der Waals surface area contributed by atoms with Crippen molar-refractivity contribution in [2.75, 3.05) is 0 Å². The van der Waals surface area contributed by atoms with Gasteiger partial charge in [-0.3, -0.25) is 0 Å². The fraction of sp³-hybridized carbons (Fsp3) is 0.333. The van der Waals surface area contributed by atoms with Crippen molar-refractivity contribution in [3.05, 3.63) is 46.6 Å². The molecule has 5 heteroatoms. The number of halogens is 1. The quantitative estimate of drug-likeness (QED) is 0.912. The van der Waals surface area contributed by atoms with Gasteiger partial charge in [0.15, 0.2) is 0 Å². The summed E-state index contributed by atoms with van der Waals surface area (Å²) in [5, 5.41) is 12.2. The van der Waals surface area contributed by atoms with Crippen molar-refractivity contribution in [2.24, 2.45) is 0 Å². The Morgan fingerprint density at radius 3 is 2.60 bits per heavy atom. The second-order valence-corrected chi connectivity index (χ2v) is 5.35. The molecule has 1 heterocycles. The largest absolute Gasteiger partial charge is 0.437 e. The van der Waals surface area contributed by atoms with E-state index < -0.39 is 0 Å². The monoisotopic (exact) mass is 291 g/mol. The van der Waals surface area contributed by atoms with Crippen LogP contribution in [0.2, 0.25) is 5.02 Å². The van der Waals surface area contributed by atoms with Gasteiger partial charge in [0.2, 0.25) is 5.88 Å². The minimum absolute atomic E-state index is 0.421. The average molecular weight is 292 g/mol. The summed E-state index contributed by atoms with van der Waals surface area (Å²) in [5.74, 6) is 1.21. The lowest BCUT2D eigenvalue weighted by Gasteiger charge is -2.09. The highest BCUT2D eigenvalue weighted by molar-refractivity contribution is 6.30. The number of benzene rings is 1. The van der Waals surface area contributed by atoms with E-state index in [9.17, 15) is 0 Å². The molecule has 2 aromatic rings. The highest BCUT2D eigenvalue weighted by Gasteiger charge is 2.04. The van der Waals surface area contributed by atoms with E-state index in [1.54, 1.807) is 6.07 Å². The number of hydrogen-bond donors (Lipinski definition) is 1. The van der Waals surface area contributed by atoms with Crippen molar-refractivity contribution in [3.8, 4) is 11.6 Å². The smallest absolute Gasteiger partial charge is 0.238 e. The topological polar surface area (TPSA) is 47.0 Å². The van der Waals surface area contributed by atoms with Gasteiger partial charge in [0, 0.05) is 23.7 Å². The third-order valence-electron chi connectivity index (χ3n) is 2.74. The fourth-order valence-electron chi connectivity index (χ4n) is 1.65. The molecule has 1 aromatic carbocycles. The molecule has 0 saturated carbocycles. The van der Waals surface area contributed by atoms with Crippen LogP contribution in [0.5, 0.6) is 11.6 Å². The molecule has 20 heavy (non-hydrogen) atoms. The second-order valence-electron chi connectivity index (χ2n) is 4.91. The molecule has 0 radical (unpaired) electrons. The Morgan fingerprint density at radius 2 is 2.00 bits per heavy atom. The predicted octanol–water partition coefficient (Wildman–Crippen LogP) is 3.73. The first-order valence-corrected chi connectivity index (χ1v) is 6.92. The number of aromatic nitrogens is 2. The van der Waals surface area contributed by atoms with Crippen molar-refractivity contribution >= 4 is 11.6 Å². The maximum atomic E-state index is 5.91. The van der Waals surface area contributed by atoms with E-state index in [2.05, 4.69) is 29.4 Å². The molecule has 0 fully saturated rings. The van der Waals surface area contributed by atoms with E-state index >= 15 is 0 Å². The van der Waals surface area contributed by atoms with Gasteiger partial charge in [-0.1, -0.05) is 25.4 Å². The van der Waals surface area contributed by atoms with Crippen LogP contribution in [0, 0.1) is 6.92 Å². The molecule has 0 unspecified atom stereocenters. The van der Waals surface area contributed by atoms with Crippen LogP contribution >= 0.6 is 11.6 Å². The normalized spacial score (nSPS) is 10.8. The van der Waals surface area contributed by atoms with Gasteiger partial charge in [-0.25, -0.2) is 0 Å². The maximum absolute atomic E-state index is 5.91. The Bertz CT molecular complexity index is 570. The van der Waals surface area contributed by atoms with Crippen LogP contribution in [0.25, 0.3) is 0 Å². The summed E-state index contributed by atoms with van der Waals surface area (Å²) in [6.45, 7) is 6.82. The summed E-state index contributed by atoms with van der Waals surface area (Å²) in [6.07, 6.45) is 0. The predicted molar refractivity (Wildman–Crippen MR) is 80.3 cm³/mol. The van der Waals surface area contributed by atoms with E-state index in [0.29, 0.717) is 23.5 Å². The third-order valence-corrected chi connectivity index (χ3v) is 2.97. The molecule has 0 aliphatic heterocycles. The van der Waals surface area contributed by atoms with Gasteiger partial charge in [0.05, 0.1) is 5.69 Å². The molecule has 1 N–H and O–H groups in total. The first kappa shape index (κ1) is 14.8. The van der Waals surface area contributed by atoms with Crippen LogP contribution in [0.4, 0.5) is 0 Å². The van der Waals surface area contributed by atoms with Crippen LogP contribution in [0.1, 0.15) is 25.1 Å². The number of aryl methyl sites for hydroxylation is 1. The van der Waals surface area contributed by atoms with E-state index in [0.717, 1.165) is 17.0 Å². The summed E-state index contributed by atoms with van der Waals surface area (Å²) in [4.78, 5) is 0. The summed E-state index contributed by atoms with van der Waals surface area (Å²) >= 11 is 5.91. The van der Waals surface area contributed by atoms with Gasteiger partial charge in [-0.15, -0.1) is 5.10 Å². The van der Waals surface area contributed by atoms with Gasteiger partial charge in [0.25, 0.3) is 0 Å². The Kier molecular flexibility index (Phi) is 4.93. The molecule has 106 valence electrons. The molecule has 4 nitrogen and oxygen atoms in total. The highest BCUT2D eigenvalue weighted by Crippen LogP contribution is 2.25. The number of nitrogens with one attached hydrogen (secondary N) is 1. The van der Waals surface area contributed by atoms with Crippen molar-refractivity contribution in [3.63, 3.8) is 0 Å². The molecule has 1 aromatic heterocycles. The molecule has 0 saturated heterocycles. The van der Waals surface area contributed by atoms with Gasteiger partial charge in [0.1, 0.15) is 5.75 Å². The molecule has 0 spiro atoms. The number of hydrogen-bond acceptors (Lipinski definition) is 4. The summed E-state index contributed by atoms with van der Waals surface area (Å²) < 4.78 is 5.69. The van der Waals surface area contributed by atoms with Crippen LogP contribution in [-0.2, 0) is 6.54 Å². The lowest BCUT2D eigenvalue weighted by Crippen LogP contribution is -2.22. The molecule has 0 aliphatic carbocycles. The Hall–Kier alpha value is -1.65. The zero-order valence-electron chi connectivity index (χ0n) is 11.9. The molecule has 0 bridgehead atoms. The molecular formula is C15H18ClN3O. The fourth-order valence-corrected chi connectivity index (χ4v) is 1.87. The number of rotatable bonds is 5. The lowest BCUT2D eigenvalue weighted by atomic mass is 10.2. The van der Waals surface area contributed by atoms with Gasteiger partial charge in [-0.05, 0) is 36.8 Å². The second kappa shape index (κ2) is 6.68. The van der Waals surface area contributed by atoms with Gasteiger partial charge >= 0.3 is 0 Å². The first-order valence-electron chi connectivity index (χ1n) is 6.54. The third kappa shape index (κ3) is 4.18. The van der Waals surface area contributed by atoms with E-state index in [1.807, 2.05) is 31.2 Å². The molecule has 0 amide bonds. The molecule has 2 rings (SSSR count). The average Bonchev–Trinajstić information content (AvgIpc) is 2.41. The lowest BCUT2D eigenvalue weighted by molar-refractivity contribution is 0.449. The minimum Gasteiger partial charge on any atom is -0.437 e. The van der Waals surface area contributed by atoms with Gasteiger partial charge in [-0.2, -0.15) is 5.10 Å². The van der Waals surface area contributed by atoms with Crippen molar-refractivity contribution in [1.29, 1.82) is 0 Å². The zero-order chi connectivity index (χ0) is 14.5. The Balaban J connectivity index is 2.03. The van der Waals surface area contributed by atoms with Gasteiger partial charge < -0.3 is 10.1 Å². The summed E-state index contributed by atoms with van der Waals surface area (Å²) in [6, 6.07) is 9.61. The Morgan fingerprint density at radius 1 is 1.20 bits per heavy atom. The maximum Gasteiger partial charge on any atom is 0.238 e. The SMILES string of the molecule is Cc1cc(Cl)ccc1Oc1ccc(CNC(C)C)nn1. The van der Waals surface area contributed by atoms with Crippen molar-refractivity contribution < 1.29 is 4.74 Å². The Labute approximate surface area is 124 Å². The molecular weight excluding hydrogens is 274 g/mol.